The molecule has 0 aliphatic heterocycles. The molecule has 14 N–H and O–H groups in total. The minimum absolute atomic E-state index is 0.177. The number of rotatable bonds is 47. The van der Waals surface area contributed by atoms with Crippen molar-refractivity contribution in [1.29, 1.82) is 0 Å². The molecular formula is C54H112N3O10P. The second kappa shape index (κ2) is 55.3. The molecule has 0 fully saturated rings. The second-order valence-corrected chi connectivity index (χ2v) is 20.2. The van der Waals surface area contributed by atoms with Crippen LogP contribution in [0.4, 0.5) is 0 Å². The van der Waals surface area contributed by atoms with Crippen LogP contribution in [0.1, 0.15) is 252 Å². The summed E-state index contributed by atoms with van der Waals surface area (Å²) in [6.07, 6.45) is 52.4. The monoisotopic (exact) mass is 994 g/mol. The van der Waals surface area contributed by atoms with E-state index in [-0.39, 0.29) is 13.2 Å². The first kappa shape index (κ1) is 71.2. The molecule has 0 aliphatic rings. The highest BCUT2D eigenvalue weighted by Crippen LogP contribution is 2.37. The van der Waals surface area contributed by atoms with Gasteiger partial charge in [-0.25, -0.2) is 4.57 Å². The smallest absolute Gasteiger partial charge is 0.395 e. The van der Waals surface area contributed by atoms with E-state index in [1.54, 1.807) is 18.2 Å². The number of allylic oxidation sites excluding steroid dienone is 3. The molecule has 68 heavy (non-hydrogen) atoms. The SMILES string of the molecule is CCCCCCCCCCCCCC=CC(O)C(N)CO.CCCCCCCCCCCCCC=CC(O)C(N)CO.CCCCCCCCCCCCCC=CC(O)C(N)[C@@H](O)OP(=O)(O)O. The molecule has 14 heteroatoms. The van der Waals surface area contributed by atoms with Crippen LogP contribution >= 0.6 is 7.82 Å². The number of aliphatic hydroxyl groups is 6. The van der Waals surface area contributed by atoms with Crippen molar-refractivity contribution < 1.29 is 49.5 Å². The Labute approximate surface area is 417 Å². The first-order valence-electron chi connectivity index (χ1n) is 27.7. The molecular weight excluding hydrogens is 882 g/mol. The third-order valence-corrected chi connectivity index (χ3v) is 12.7. The quantitative estimate of drug-likeness (QED) is 0.0117. The molecule has 0 spiro atoms. The molecule has 0 amide bonds. The summed E-state index contributed by atoms with van der Waals surface area (Å²) in [6.45, 7) is 6.40. The summed E-state index contributed by atoms with van der Waals surface area (Å²) in [4.78, 5) is 17.2. The van der Waals surface area contributed by atoms with Crippen molar-refractivity contribution in [2.75, 3.05) is 13.2 Å². The normalized spacial score (nSPS) is 15.2. The lowest BCUT2D eigenvalue weighted by Gasteiger charge is -2.21. The summed E-state index contributed by atoms with van der Waals surface area (Å²) in [6, 6.07) is -2.44. The molecule has 0 saturated heterocycles. The highest BCUT2D eigenvalue weighted by Gasteiger charge is 2.28. The average molecular weight is 994 g/mol. The van der Waals surface area contributed by atoms with Gasteiger partial charge in [0.1, 0.15) is 0 Å². The Balaban J connectivity index is -0.000000940. The Hall–Kier alpha value is -1.03. The molecule has 0 rings (SSSR count). The van der Waals surface area contributed by atoms with Crippen LogP contribution in [-0.4, -0.2) is 96.4 Å². The summed E-state index contributed by atoms with van der Waals surface area (Å²) < 4.78 is 14.7. The lowest BCUT2D eigenvalue weighted by molar-refractivity contribution is -0.0727. The number of phosphoric acid groups is 1. The Morgan fingerprint density at radius 3 is 0.838 bits per heavy atom. The highest BCUT2D eigenvalue weighted by molar-refractivity contribution is 7.46. The van der Waals surface area contributed by atoms with E-state index in [9.17, 15) is 25.0 Å². The van der Waals surface area contributed by atoms with Crippen LogP contribution in [0.15, 0.2) is 36.5 Å². The van der Waals surface area contributed by atoms with Crippen LogP contribution in [0.5, 0.6) is 0 Å². The highest BCUT2D eigenvalue weighted by atomic mass is 31.2. The minimum atomic E-state index is -4.84. The van der Waals surface area contributed by atoms with Gasteiger partial charge in [0.15, 0.2) is 6.29 Å². The fraction of sp³-hybridized carbons (Fsp3) is 0.889. The van der Waals surface area contributed by atoms with Crippen molar-refractivity contribution in [3.63, 3.8) is 0 Å². The number of phosphoric ester groups is 1. The molecule has 0 aromatic rings. The Morgan fingerprint density at radius 2 is 0.618 bits per heavy atom. The van der Waals surface area contributed by atoms with E-state index < -0.39 is 50.6 Å². The van der Waals surface area contributed by atoms with Gasteiger partial charge in [0.05, 0.1) is 49.7 Å². The van der Waals surface area contributed by atoms with Crippen molar-refractivity contribution >= 4 is 7.82 Å². The van der Waals surface area contributed by atoms with Gasteiger partial charge in [0.25, 0.3) is 0 Å². The molecule has 408 valence electrons. The maximum atomic E-state index is 10.6. The lowest BCUT2D eigenvalue weighted by atomic mass is 10.0. The van der Waals surface area contributed by atoms with Crippen LogP contribution in [-0.2, 0) is 9.09 Å². The first-order valence-corrected chi connectivity index (χ1v) is 29.2. The van der Waals surface area contributed by atoms with E-state index in [0.717, 1.165) is 32.1 Å². The van der Waals surface area contributed by atoms with Crippen molar-refractivity contribution in [3.05, 3.63) is 36.5 Å². The zero-order chi connectivity index (χ0) is 51.4. The lowest BCUT2D eigenvalue weighted by Crippen LogP contribution is -2.44. The first-order chi connectivity index (χ1) is 32.7. The summed E-state index contributed by atoms with van der Waals surface area (Å²) >= 11 is 0. The zero-order valence-corrected chi connectivity index (χ0v) is 44.8. The molecule has 0 saturated carbocycles. The predicted octanol–water partition coefficient (Wildman–Crippen LogP) is 11.2. The van der Waals surface area contributed by atoms with E-state index in [2.05, 4.69) is 25.3 Å². The Morgan fingerprint density at radius 1 is 0.397 bits per heavy atom. The molecule has 0 bridgehead atoms. The van der Waals surface area contributed by atoms with Gasteiger partial charge >= 0.3 is 7.82 Å². The third kappa shape index (κ3) is 55.9. The second-order valence-electron chi connectivity index (χ2n) is 19.0. The fourth-order valence-corrected chi connectivity index (χ4v) is 7.92. The molecule has 13 nitrogen and oxygen atoms in total. The van der Waals surface area contributed by atoms with E-state index in [4.69, 9.17) is 37.2 Å². The molecule has 0 heterocycles. The van der Waals surface area contributed by atoms with Gasteiger partial charge in [-0.2, -0.15) is 0 Å². The maximum Gasteiger partial charge on any atom is 0.471 e. The molecule has 7 atom stereocenters. The van der Waals surface area contributed by atoms with Crippen molar-refractivity contribution in [3.8, 4) is 0 Å². The third-order valence-electron chi connectivity index (χ3n) is 12.2. The predicted molar refractivity (Wildman–Crippen MR) is 286 cm³/mol. The van der Waals surface area contributed by atoms with Gasteiger partial charge in [0, 0.05) is 0 Å². The van der Waals surface area contributed by atoms with Crippen LogP contribution in [0, 0.1) is 0 Å². The van der Waals surface area contributed by atoms with Crippen LogP contribution in [0.2, 0.25) is 0 Å². The summed E-state index contributed by atoms with van der Waals surface area (Å²) in [5, 5.41) is 55.8. The van der Waals surface area contributed by atoms with E-state index in [0.29, 0.717) is 0 Å². The molecule has 0 radical (unpaired) electrons. The van der Waals surface area contributed by atoms with Crippen molar-refractivity contribution in [2.45, 2.75) is 295 Å². The van der Waals surface area contributed by atoms with Gasteiger partial charge in [-0.15, -0.1) is 0 Å². The van der Waals surface area contributed by atoms with Gasteiger partial charge in [-0.05, 0) is 38.5 Å². The standard InChI is InChI=1S/C18H38NO6P.2C18H37NO2/c1-2-3-4-5-6-7-8-9-10-11-12-13-14-15-16(20)17(19)18(21)25-26(22,23)24;2*1-2-3-4-5-6-7-8-9-10-11-12-13-14-15-18(21)17(19)16-20/h14-18,20-21H,2-13,19H2,1H3,(H2,22,23,24);2*14-15,17-18,20-21H,2-13,16,19H2,1H3/t16?,17?,18-;;/m0../s1. The van der Waals surface area contributed by atoms with Gasteiger partial charge < -0.3 is 57.6 Å². The Bertz CT molecular complexity index is 1080. The Kier molecular flexibility index (Phi) is 57.9. The summed E-state index contributed by atoms with van der Waals surface area (Å²) in [5.74, 6) is 0. The number of hydrogen-bond donors (Lipinski definition) is 11. The molecule has 0 aromatic heterocycles. The van der Waals surface area contributed by atoms with Gasteiger partial charge in [0.2, 0.25) is 0 Å². The topological polar surface area (TPSA) is 266 Å². The summed E-state index contributed by atoms with van der Waals surface area (Å²) in [5.41, 5.74) is 16.5. The van der Waals surface area contributed by atoms with Crippen molar-refractivity contribution in [2.24, 2.45) is 17.2 Å². The van der Waals surface area contributed by atoms with Crippen LogP contribution in [0.25, 0.3) is 0 Å². The van der Waals surface area contributed by atoms with Crippen LogP contribution < -0.4 is 17.2 Å². The average Bonchev–Trinajstić information content (AvgIpc) is 3.32. The van der Waals surface area contributed by atoms with Crippen molar-refractivity contribution in [1.82, 2.24) is 0 Å². The molecule has 0 aliphatic carbocycles. The largest absolute Gasteiger partial charge is 0.471 e. The summed E-state index contributed by atoms with van der Waals surface area (Å²) in [7, 11) is -4.84. The van der Waals surface area contributed by atoms with Gasteiger partial charge in [-0.3, -0.25) is 4.52 Å². The number of hydrogen-bond acceptors (Lipinski definition) is 11. The van der Waals surface area contributed by atoms with E-state index >= 15 is 0 Å². The van der Waals surface area contributed by atoms with Crippen LogP contribution in [0.3, 0.4) is 0 Å². The van der Waals surface area contributed by atoms with E-state index in [1.807, 2.05) is 12.2 Å². The minimum Gasteiger partial charge on any atom is -0.395 e. The molecule has 6 unspecified atom stereocenters. The van der Waals surface area contributed by atoms with E-state index in [1.165, 1.54) is 205 Å². The number of aliphatic hydroxyl groups excluding tert-OH is 6. The maximum absolute atomic E-state index is 10.6. The van der Waals surface area contributed by atoms with Gasteiger partial charge in [-0.1, -0.05) is 250 Å². The number of nitrogens with two attached hydrogens (primary N) is 3. The molecule has 0 aromatic carbocycles. The zero-order valence-electron chi connectivity index (χ0n) is 43.9. The number of unbranched alkanes of at least 4 members (excludes halogenated alkanes) is 33. The fourth-order valence-electron chi connectivity index (χ4n) is 7.50.